The van der Waals surface area contributed by atoms with Gasteiger partial charge in [-0.2, -0.15) is 0 Å². The quantitative estimate of drug-likeness (QED) is 0.883. The fraction of sp³-hybridized carbons (Fsp3) is 0.500. The van der Waals surface area contributed by atoms with Crippen molar-refractivity contribution < 1.29 is 14.3 Å². The smallest absolute Gasteiger partial charge is 0.238 e. The maximum atomic E-state index is 12.1. The molecule has 0 aromatic heterocycles. The van der Waals surface area contributed by atoms with Crippen molar-refractivity contribution >= 4 is 17.5 Å². The van der Waals surface area contributed by atoms with E-state index in [1.807, 2.05) is 4.90 Å². The van der Waals surface area contributed by atoms with Crippen molar-refractivity contribution in [2.75, 3.05) is 46.2 Å². The summed E-state index contributed by atoms with van der Waals surface area (Å²) in [6, 6.07) is 7.21. The molecule has 6 heteroatoms. The Morgan fingerprint density at radius 1 is 1.32 bits per heavy atom. The zero-order chi connectivity index (χ0) is 16.1. The second-order valence-electron chi connectivity index (χ2n) is 5.73. The first-order chi connectivity index (χ1) is 10.5. The predicted molar refractivity (Wildman–Crippen MR) is 84.9 cm³/mol. The van der Waals surface area contributed by atoms with Crippen LogP contribution in [0.15, 0.2) is 24.3 Å². The number of ether oxygens (including phenoxy) is 1. The Kier molecular flexibility index (Phi) is 5.38. The van der Waals surface area contributed by atoms with E-state index >= 15 is 0 Å². The van der Waals surface area contributed by atoms with Crippen LogP contribution in [0.3, 0.4) is 0 Å². The van der Waals surface area contributed by atoms with Crippen LogP contribution in [0.2, 0.25) is 0 Å². The minimum atomic E-state index is -0.0666. The van der Waals surface area contributed by atoms with Crippen LogP contribution >= 0.6 is 0 Å². The highest BCUT2D eigenvalue weighted by atomic mass is 16.5. The molecule has 120 valence electrons. The lowest BCUT2D eigenvalue weighted by atomic mass is 10.1. The van der Waals surface area contributed by atoms with Gasteiger partial charge in [0.1, 0.15) is 5.75 Å². The molecule has 1 aromatic rings. The summed E-state index contributed by atoms with van der Waals surface area (Å²) in [5.74, 6) is 0.826. The van der Waals surface area contributed by atoms with Crippen molar-refractivity contribution in [1.29, 1.82) is 0 Å². The fourth-order valence-corrected chi connectivity index (χ4v) is 2.62. The summed E-state index contributed by atoms with van der Waals surface area (Å²) in [5.41, 5.74) is 0.742. The van der Waals surface area contributed by atoms with Gasteiger partial charge in [-0.1, -0.05) is 0 Å². The maximum Gasteiger partial charge on any atom is 0.238 e. The maximum absolute atomic E-state index is 12.1. The van der Waals surface area contributed by atoms with Gasteiger partial charge < -0.3 is 15.0 Å². The number of nitrogens with zero attached hydrogens (tertiary/aromatic N) is 2. The molecule has 1 unspecified atom stereocenters. The third-order valence-corrected chi connectivity index (χ3v) is 3.80. The van der Waals surface area contributed by atoms with E-state index in [0.717, 1.165) is 24.4 Å². The van der Waals surface area contributed by atoms with E-state index in [1.165, 1.54) is 0 Å². The summed E-state index contributed by atoms with van der Waals surface area (Å²) in [4.78, 5) is 27.6. The van der Waals surface area contributed by atoms with Crippen LogP contribution in [0.4, 0.5) is 5.69 Å². The Morgan fingerprint density at radius 3 is 2.59 bits per heavy atom. The first-order valence-electron chi connectivity index (χ1n) is 7.37. The average molecular weight is 305 g/mol. The molecule has 1 N–H and O–H groups in total. The molecule has 0 saturated carbocycles. The van der Waals surface area contributed by atoms with Gasteiger partial charge in [0.15, 0.2) is 0 Å². The van der Waals surface area contributed by atoms with Gasteiger partial charge in [0.25, 0.3) is 0 Å². The third kappa shape index (κ3) is 4.21. The van der Waals surface area contributed by atoms with E-state index in [2.05, 4.69) is 5.32 Å². The van der Waals surface area contributed by atoms with Crippen molar-refractivity contribution in [3.8, 4) is 5.75 Å². The van der Waals surface area contributed by atoms with Gasteiger partial charge in [-0.05, 0) is 37.2 Å². The first kappa shape index (κ1) is 16.3. The molecule has 1 aromatic carbocycles. The minimum Gasteiger partial charge on any atom is -0.497 e. The van der Waals surface area contributed by atoms with Gasteiger partial charge in [0.05, 0.1) is 19.6 Å². The summed E-state index contributed by atoms with van der Waals surface area (Å²) in [5, 5.41) is 2.86. The highest BCUT2D eigenvalue weighted by Gasteiger charge is 2.30. The van der Waals surface area contributed by atoms with Gasteiger partial charge in [0, 0.05) is 26.3 Å². The van der Waals surface area contributed by atoms with Crippen LogP contribution in [-0.4, -0.2) is 62.5 Å². The van der Waals surface area contributed by atoms with Crippen LogP contribution in [0, 0.1) is 5.92 Å². The van der Waals surface area contributed by atoms with Crippen molar-refractivity contribution in [3.63, 3.8) is 0 Å². The standard InChI is InChI=1S/C16H23N3O3/c1-18(2)16(21)12-8-9-19(10-12)11-15(20)17-13-4-6-14(22-3)7-5-13/h4-7,12H,8-11H2,1-3H3,(H,17,20). The van der Waals surface area contributed by atoms with E-state index in [-0.39, 0.29) is 17.7 Å². The molecule has 1 fully saturated rings. The average Bonchev–Trinajstić information content (AvgIpc) is 2.95. The molecular weight excluding hydrogens is 282 g/mol. The normalized spacial score (nSPS) is 18.0. The van der Waals surface area contributed by atoms with Crippen molar-refractivity contribution in [2.24, 2.45) is 5.92 Å². The number of amides is 2. The fourth-order valence-electron chi connectivity index (χ4n) is 2.62. The van der Waals surface area contributed by atoms with Crippen molar-refractivity contribution in [2.45, 2.75) is 6.42 Å². The zero-order valence-corrected chi connectivity index (χ0v) is 13.3. The van der Waals surface area contributed by atoms with E-state index in [0.29, 0.717) is 13.1 Å². The predicted octanol–water partition coefficient (Wildman–Crippen LogP) is 1.04. The van der Waals surface area contributed by atoms with Gasteiger partial charge >= 0.3 is 0 Å². The topological polar surface area (TPSA) is 61.9 Å². The highest BCUT2D eigenvalue weighted by Crippen LogP contribution is 2.18. The molecule has 2 rings (SSSR count). The van der Waals surface area contributed by atoms with E-state index in [9.17, 15) is 9.59 Å². The lowest BCUT2D eigenvalue weighted by Crippen LogP contribution is -2.35. The van der Waals surface area contributed by atoms with Gasteiger partial charge in [-0.3, -0.25) is 14.5 Å². The summed E-state index contributed by atoms with van der Waals surface area (Å²) in [6.07, 6.45) is 0.812. The Bertz CT molecular complexity index is 528. The molecule has 0 bridgehead atoms. The third-order valence-electron chi connectivity index (χ3n) is 3.80. The summed E-state index contributed by atoms with van der Waals surface area (Å²) in [7, 11) is 5.13. The zero-order valence-electron chi connectivity index (χ0n) is 13.3. The number of benzene rings is 1. The number of rotatable bonds is 5. The van der Waals surface area contributed by atoms with Crippen LogP contribution in [0.25, 0.3) is 0 Å². The number of carbonyl (C=O) groups is 2. The number of likely N-dealkylation sites (tertiary alicyclic amines) is 1. The molecule has 0 spiro atoms. The van der Waals surface area contributed by atoms with Crippen LogP contribution in [0.5, 0.6) is 5.75 Å². The molecule has 0 aliphatic carbocycles. The molecule has 1 aliphatic heterocycles. The van der Waals surface area contributed by atoms with E-state index in [1.54, 1.807) is 50.4 Å². The number of hydrogen-bond acceptors (Lipinski definition) is 4. The van der Waals surface area contributed by atoms with Crippen LogP contribution in [-0.2, 0) is 9.59 Å². The molecule has 1 heterocycles. The Hall–Kier alpha value is -2.08. The Morgan fingerprint density at radius 2 is 2.00 bits per heavy atom. The van der Waals surface area contributed by atoms with Crippen molar-refractivity contribution in [1.82, 2.24) is 9.80 Å². The lowest BCUT2D eigenvalue weighted by molar-refractivity contribution is -0.132. The number of methoxy groups -OCH3 is 1. The SMILES string of the molecule is COc1ccc(NC(=O)CN2CCC(C(=O)N(C)C)C2)cc1. The molecule has 2 amide bonds. The summed E-state index contributed by atoms with van der Waals surface area (Å²) in [6.45, 7) is 1.73. The van der Waals surface area contributed by atoms with Crippen LogP contribution < -0.4 is 10.1 Å². The van der Waals surface area contributed by atoms with Crippen LogP contribution in [0.1, 0.15) is 6.42 Å². The van der Waals surface area contributed by atoms with Crippen molar-refractivity contribution in [3.05, 3.63) is 24.3 Å². The second-order valence-corrected chi connectivity index (χ2v) is 5.73. The van der Waals surface area contributed by atoms with Gasteiger partial charge in [-0.25, -0.2) is 0 Å². The summed E-state index contributed by atoms with van der Waals surface area (Å²) >= 11 is 0. The minimum absolute atomic E-state index is 0.00351. The Balaban J connectivity index is 1.81. The summed E-state index contributed by atoms with van der Waals surface area (Å²) < 4.78 is 5.08. The molecular formula is C16H23N3O3. The number of carbonyl (C=O) groups excluding carboxylic acids is 2. The number of hydrogen-bond donors (Lipinski definition) is 1. The Labute approximate surface area is 131 Å². The molecule has 0 radical (unpaired) electrons. The monoisotopic (exact) mass is 305 g/mol. The molecule has 22 heavy (non-hydrogen) atoms. The van der Waals surface area contributed by atoms with E-state index in [4.69, 9.17) is 4.74 Å². The van der Waals surface area contributed by atoms with Gasteiger partial charge in [-0.15, -0.1) is 0 Å². The molecule has 6 nitrogen and oxygen atoms in total. The lowest BCUT2D eigenvalue weighted by Gasteiger charge is -2.17. The molecule has 1 aliphatic rings. The molecule has 1 atom stereocenters. The van der Waals surface area contributed by atoms with Gasteiger partial charge in [0.2, 0.25) is 11.8 Å². The second kappa shape index (κ2) is 7.26. The number of anilines is 1. The number of nitrogens with one attached hydrogen (secondary N) is 1. The largest absolute Gasteiger partial charge is 0.497 e. The first-order valence-corrected chi connectivity index (χ1v) is 7.37. The van der Waals surface area contributed by atoms with E-state index < -0.39 is 0 Å². The molecule has 1 saturated heterocycles. The highest BCUT2D eigenvalue weighted by molar-refractivity contribution is 5.92.